The Labute approximate surface area is 120 Å². The summed E-state index contributed by atoms with van der Waals surface area (Å²) >= 11 is 0. The lowest BCUT2D eigenvalue weighted by atomic mass is 9.87. The summed E-state index contributed by atoms with van der Waals surface area (Å²) in [6, 6.07) is 9.59. The van der Waals surface area contributed by atoms with E-state index in [0.29, 0.717) is 0 Å². The fourth-order valence-electron chi connectivity index (χ4n) is 2.86. The molecule has 1 heterocycles. The first-order valence-electron chi connectivity index (χ1n) is 7.18. The lowest BCUT2D eigenvalue weighted by molar-refractivity contribution is -0.147. The third-order valence-corrected chi connectivity index (χ3v) is 4.25. The van der Waals surface area contributed by atoms with Crippen molar-refractivity contribution in [3.63, 3.8) is 0 Å². The number of rotatable bonds is 4. The quantitative estimate of drug-likeness (QED) is 0.855. The minimum Gasteiger partial charge on any atom is -0.468 e. The first kappa shape index (κ1) is 15.0. The van der Waals surface area contributed by atoms with Gasteiger partial charge in [0.2, 0.25) is 0 Å². The number of carbonyl (C=O) groups excluding carboxylic acids is 1. The van der Waals surface area contributed by atoms with Gasteiger partial charge in [-0.25, -0.2) is 0 Å². The van der Waals surface area contributed by atoms with Crippen LogP contribution < -0.4 is 0 Å². The summed E-state index contributed by atoms with van der Waals surface area (Å²) in [5.41, 5.74) is 0.979. The molecule has 2 atom stereocenters. The molecule has 110 valence electrons. The van der Waals surface area contributed by atoms with Crippen LogP contribution in [-0.4, -0.2) is 42.2 Å². The Morgan fingerprint density at radius 1 is 1.30 bits per heavy atom. The molecular formula is C16H23NO3. The van der Waals surface area contributed by atoms with E-state index in [1.165, 1.54) is 7.11 Å². The third kappa shape index (κ3) is 3.38. The van der Waals surface area contributed by atoms with E-state index in [4.69, 9.17) is 4.74 Å². The van der Waals surface area contributed by atoms with Gasteiger partial charge >= 0.3 is 5.97 Å². The molecule has 1 aliphatic heterocycles. The molecule has 0 saturated carbocycles. The molecule has 0 amide bonds. The van der Waals surface area contributed by atoms with Crippen LogP contribution in [-0.2, 0) is 9.53 Å². The van der Waals surface area contributed by atoms with Gasteiger partial charge in [0.1, 0.15) is 6.04 Å². The zero-order chi connectivity index (χ0) is 14.5. The summed E-state index contributed by atoms with van der Waals surface area (Å²) in [5.74, 6) is 0.0746. The monoisotopic (exact) mass is 277 g/mol. The number of carbonyl (C=O) groups is 1. The zero-order valence-corrected chi connectivity index (χ0v) is 12.2. The fraction of sp³-hybridized carbons (Fsp3) is 0.562. The van der Waals surface area contributed by atoms with E-state index in [0.717, 1.165) is 31.5 Å². The van der Waals surface area contributed by atoms with Gasteiger partial charge in [-0.3, -0.25) is 9.69 Å². The first-order chi connectivity index (χ1) is 9.63. The Hall–Kier alpha value is -1.39. The first-order valence-corrected chi connectivity index (χ1v) is 7.18. The topological polar surface area (TPSA) is 49.8 Å². The number of ether oxygens (including phenoxy) is 1. The maximum atomic E-state index is 11.5. The number of aliphatic hydroxyl groups is 1. The lowest BCUT2D eigenvalue weighted by Crippen LogP contribution is -2.45. The van der Waals surface area contributed by atoms with Crippen molar-refractivity contribution in [3.8, 4) is 0 Å². The van der Waals surface area contributed by atoms with Gasteiger partial charge in [-0.1, -0.05) is 30.3 Å². The summed E-state index contributed by atoms with van der Waals surface area (Å²) in [6.45, 7) is 3.52. The minimum absolute atomic E-state index is 0.188. The SMILES string of the molecule is COC(=O)[C@H](C)N1CCC([C@H](O)c2ccccc2)CC1. The van der Waals surface area contributed by atoms with E-state index in [-0.39, 0.29) is 17.9 Å². The molecule has 1 fully saturated rings. The predicted octanol–water partition coefficient (Wildman–Crippen LogP) is 1.99. The number of methoxy groups -OCH3 is 1. The molecule has 0 bridgehead atoms. The van der Waals surface area contributed by atoms with Crippen LogP contribution in [0.5, 0.6) is 0 Å². The Morgan fingerprint density at radius 2 is 1.90 bits per heavy atom. The number of aliphatic hydroxyl groups excluding tert-OH is 1. The van der Waals surface area contributed by atoms with Gasteiger partial charge in [0, 0.05) is 0 Å². The molecule has 20 heavy (non-hydrogen) atoms. The number of benzene rings is 1. The maximum Gasteiger partial charge on any atom is 0.322 e. The van der Waals surface area contributed by atoms with Crippen LogP contribution in [0.1, 0.15) is 31.4 Å². The number of likely N-dealkylation sites (tertiary alicyclic amines) is 1. The van der Waals surface area contributed by atoms with Gasteiger partial charge in [-0.15, -0.1) is 0 Å². The van der Waals surface area contributed by atoms with Gasteiger partial charge in [-0.2, -0.15) is 0 Å². The number of hydrogen-bond donors (Lipinski definition) is 1. The summed E-state index contributed by atoms with van der Waals surface area (Å²) in [7, 11) is 1.42. The van der Waals surface area contributed by atoms with Gasteiger partial charge in [0.25, 0.3) is 0 Å². The Morgan fingerprint density at radius 3 is 2.45 bits per heavy atom. The molecule has 0 spiro atoms. The molecule has 4 nitrogen and oxygen atoms in total. The number of hydrogen-bond acceptors (Lipinski definition) is 4. The number of nitrogens with zero attached hydrogens (tertiary/aromatic N) is 1. The molecule has 1 aromatic rings. The lowest BCUT2D eigenvalue weighted by Gasteiger charge is -2.36. The Balaban J connectivity index is 1.90. The molecule has 1 N–H and O–H groups in total. The molecule has 2 rings (SSSR count). The zero-order valence-electron chi connectivity index (χ0n) is 12.2. The van der Waals surface area contributed by atoms with Crippen molar-refractivity contribution in [2.75, 3.05) is 20.2 Å². The Bertz CT molecular complexity index is 427. The molecule has 0 aromatic heterocycles. The highest BCUT2D eigenvalue weighted by Gasteiger charge is 2.30. The van der Waals surface area contributed by atoms with Crippen LogP contribution in [0, 0.1) is 5.92 Å². The molecule has 1 aromatic carbocycles. The largest absolute Gasteiger partial charge is 0.468 e. The molecule has 1 aliphatic rings. The predicted molar refractivity (Wildman–Crippen MR) is 77.2 cm³/mol. The summed E-state index contributed by atoms with van der Waals surface area (Å²) < 4.78 is 4.78. The average molecular weight is 277 g/mol. The summed E-state index contributed by atoms with van der Waals surface area (Å²) in [6.07, 6.45) is 1.39. The van der Waals surface area contributed by atoms with Crippen LogP contribution in [0.2, 0.25) is 0 Å². The summed E-state index contributed by atoms with van der Waals surface area (Å²) in [5, 5.41) is 10.4. The second kappa shape index (κ2) is 6.86. The van der Waals surface area contributed by atoms with Gasteiger partial charge < -0.3 is 9.84 Å². The summed E-state index contributed by atoms with van der Waals surface area (Å²) in [4.78, 5) is 13.7. The van der Waals surface area contributed by atoms with Crippen molar-refractivity contribution in [1.29, 1.82) is 0 Å². The van der Waals surface area contributed by atoms with Crippen molar-refractivity contribution in [2.45, 2.75) is 31.9 Å². The third-order valence-electron chi connectivity index (χ3n) is 4.25. The average Bonchev–Trinajstić information content (AvgIpc) is 2.53. The molecule has 1 saturated heterocycles. The molecule has 0 unspecified atom stereocenters. The van der Waals surface area contributed by atoms with E-state index >= 15 is 0 Å². The van der Waals surface area contributed by atoms with Crippen molar-refractivity contribution in [3.05, 3.63) is 35.9 Å². The number of esters is 1. The van der Waals surface area contributed by atoms with E-state index in [1.807, 2.05) is 37.3 Å². The van der Waals surface area contributed by atoms with Crippen LogP contribution in [0.4, 0.5) is 0 Å². The molecule has 4 heteroatoms. The van der Waals surface area contributed by atoms with Gasteiger partial charge in [0.05, 0.1) is 13.2 Å². The highest BCUT2D eigenvalue weighted by atomic mass is 16.5. The van der Waals surface area contributed by atoms with Crippen LogP contribution >= 0.6 is 0 Å². The van der Waals surface area contributed by atoms with E-state index in [2.05, 4.69) is 4.90 Å². The minimum atomic E-state index is -0.410. The molecular weight excluding hydrogens is 254 g/mol. The standard InChI is InChI=1S/C16H23NO3/c1-12(16(19)20-2)17-10-8-14(9-11-17)15(18)13-6-4-3-5-7-13/h3-7,12,14-15,18H,8-11H2,1-2H3/t12-,15+/m0/s1. The fourth-order valence-corrected chi connectivity index (χ4v) is 2.86. The second-order valence-electron chi connectivity index (χ2n) is 5.43. The number of piperidine rings is 1. The van der Waals surface area contributed by atoms with Crippen molar-refractivity contribution < 1.29 is 14.6 Å². The van der Waals surface area contributed by atoms with Crippen molar-refractivity contribution in [2.24, 2.45) is 5.92 Å². The van der Waals surface area contributed by atoms with Gasteiger partial charge in [-0.05, 0) is 44.3 Å². The van der Waals surface area contributed by atoms with Crippen LogP contribution in [0.3, 0.4) is 0 Å². The smallest absolute Gasteiger partial charge is 0.322 e. The van der Waals surface area contributed by atoms with Crippen LogP contribution in [0.15, 0.2) is 30.3 Å². The maximum absolute atomic E-state index is 11.5. The van der Waals surface area contributed by atoms with Crippen molar-refractivity contribution in [1.82, 2.24) is 4.90 Å². The molecule has 0 aliphatic carbocycles. The van der Waals surface area contributed by atoms with E-state index in [9.17, 15) is 9.90 Å². The van der Waals surface area contributed by atoms with Crippen LogP contribution in [0.25, 0.3) is 0 Å². The van der Waals surface area contributed by atoms with E-state index < -0.39 is 6.10 Å². The Kier molecular flexibility index (Phi) is 5.15. The van der Waals surface area contributed by atoms with Gasteiger partial charge in [0.15, 0.2) is 0 Å². The van der Waals surface area contributed by atoms with E-state index in [1.54, 1.807) is 0 Å². The van der Waals surface area contributed by atoms with Crippen molar-refractivity contribution >= 4 is 5.97 Å². The second-order valence-corrected chi connectivity index (χ2v) is 5.43. The normalized spacial score (nSPS) is 20.4. The highest BCUT2D eigenvalue weighted by molar-refractivity contribution is 5.75. The highest BCUT2D eigenvalue weighted by Crippen LogP contribution is 2.31. The molecule has 0 radical (unpaired) electrons.